The average Bonchev–Trinajstić information content (AvgIpc) is 2.92. The molecule has 2 aliphatic carbocycles. The molecule has 1 N–H and O–H groups in total. The lowest BCUT2D eigenvalue weighted by Gasteiger charge is -2.13. The van der Waals surface area contributed by atoms with E-state index in [-0.39, 0.29) is 11.8 Å². The van der Waals surface area contributed by atoms with Crippen LogP contribution in [0.1, 0.15) is 66.2 Å². The largest absolute Gasteiger partial charge is 0.462 e. The van der Waals surface area contributed by atoms with E-state index >= 15 is 0 Å². The standard InChI is InChI=1S/C18H23NO3S/c1-2-22-18(21)16-13-8-4-6-10-15(13)23-17(16)19-11-12-7-3-5-9-14(12)20/h11,19H,2-10H2,1H3/b12-11+. The predicted octanol–water partition coefficient (Wildman–Crippen LogP) is 4.24. The molecular weight excluding hydrogens is 310 g/mol. The lowest BCUT2D eigenvalue weighted by Crippen LogP contribution is -2.12. The van der Waals surface area contributed by atoms with E-state index in [4.69, 9.17) is 4.74 Å². The summed E-state index contributed by atoms with van der Waals surface area (Å²) in [4.78, 5) is 25.6. The number of aryl methyl sites for hydroxylation is 1. The average molecular weight is 333 g/mol. The highest BCUT2D eigenvalue weighted by molar-refractivity contribution is 7.16. The molecule has 0 spiro atoms. The minimum atomic E-state index is -0.247. The molecule has 1 aromatic heterocycles. The molecule has 1 heterocycles. The number of nitrogens with one attached hydrogen (secondary N) is 1. The number of hydrogen-bond acceptors (Lipinski definition) is 5. The second-order valence-corrected chi connectivity index (χ2v) is 7.18. The van der Waals surface area contributed by atoms with Crippen LogP contribution in [-0.2, 0) is 22.4 Å². The first kappa shape index (κ1) is 16.2. The Hall–Kier alpha value is -1.62. The molecule has 5 heteroatoms. The van der Waals surface area contributed by atoms with Crippen molar-refractivity contribution >= 4 is 28.1 Å². The van der Waals surface area contributed by atoms with Crippen molar-refractivity contribution in [1.82, 2.24) is 0 Å². The summed E-state index contributed by atoms with van der Waals surface area (Å²) in [6.45, 7) is 2.20. The maximum atomic E-state index is 12.4. The van der Waals surface area contributed by atoms with Crippen molar-refractivity contribution in [3.8, 4) is 0 Å². The molecule has 1 aromatic rings. The van der Waals surface area contributed by atoms with Gasteiger partial charge >= 0.3 is 5.97 Å². The molecule has 0 unspecified atom stereocenters. The quantitative estimate of drug-likeness (QED) is 0.661. The van der Waals surface area contributed by atoms with Gasteiger partial charge in [-0.3, -0.25) is 4.79 Å². The Morgan fingerprint density at radius 1 is 1.17 bits per heavy atom. The van der Waals surface area contributed by atoms with Gasteiger partial charge in [0.2, 0.25) is 0 Å². The summed E-state index contributed by atoms with van der Waals surface area (Å²) in [6.07, 6.45) is 9.58. The van der Waals surface area contributed by atoms with Gasteiger partial charge in [0.1, 0.15) is 5.00 Å². The summed E-state index contributed by atoms with van der Waals surface area (Å²) in [5, 5.41) is 4.08. The van der Waals surface area contributed by atoms with E-state index < -0.39 is 0 Å². The maximum absolute atomic E-state index is 12.4. The molecule has 23 heavy (non-hydrogen) atoms. The Balaban J connectivity index is 1.88. The number of fused-ring (bicyclic) bond motifs is 1. The second kappa shape index (κ2) is 7.30. The molecular formula is C18H23NO3S. The summed E-state index contributed by atoms with van der Waals surface area (Å²) >= 11 is 1.64. The van der Waals surface area contributed by atoms with Crippen LogP contribution in [0, 0.1) is 0 Å². The van der Waals surface area contributed by atoms with E-state index in [1.807, 2.05) is 13.1 Å². The number of thiophene rings is 1. The van der Waals surface area contributed by atoms with E-state index in [1.54, 1.807) is 11.3 Å². The fourth-order valence-corrected chi connectivity index (χ4v) is 4.54. The third kappa shape index (κ3) is 3.50. The number of ether oxygens (including phenoxy) is 1. The molecule has 0 radical (unpaired) electrons. The molecule has 1 fully saturated rings. The van der Waals surface area contributed by atoms with E-state index in [0.717, 1.165) is 54.7 Å². The number of ketones is 1. The van der Waals surface area contributed by atoms with Gasteiger partial charge in [-0.05, 0) is 57.4 Å². The van der Waals surface area contributed by atoms with Gasteiger partial charge in [-0.1, -0.05) is 0 Å². The van der Waals surface area contributed by atoms with E-state index in [0.29, 0.717) is 18.6 Å². The van der Waals surface area contributed by atoms with Crippen LogP contribution in [-0.4, -0.2) is 18.4 Å². The van der Waals surface area contributed by atoms with Crippen LogP contribution in [0.2, 0.25) is 0 Å². The molecule has 0 bridgehead atoms. The third-order valence-electron chi connectivity index (χ3n) is 4.49. The number of carbonyl (C=O) groups is 2. The first-order valence-electron chi connectivity index (χ1n) is 8.51. The molecule has 0 saturated heterocycles. The second-order valence-electron chi connectivity index (χ2n) is 6.08. The molecule has 0 aliphatic heterocycles. The highest BCUT2D eigenvalue weighted by Gasteiger charge is 2.26. The van der Waals surface area contributed by atoms with Gasteiger partial charge in [-0.2, -0.15) is 0 Å². The Morgan fingerprint density at radius 3 is 2.70 bits per heavy atom. The van der Waals surface area contributed by atoms with Crippen molar-refractivity contribution in [2.75, 3.05) is 11.9 Å². The van der Waals surface area contributed by atoms with Crippen molar-refractivity contribution in [3.05, 3.63) is 27.8 Å². The van der Waals surface area contributed by atoms with Gasteiger partial charge in [0.05, 0.1) is 12.2 Å². The van der Waals surface area contributed by atoms with Crippen molar-refractivity contribution < 1.29 is 14.3 Å². The predicted molar refractivity (Wildman–Crippen MR) is 92.1 cm³/mol. The molecule has 124 valence electrons. The summed E-state index contributed by atoms with van der Waals surface area (Å²) in [5.74, 6) is -0.0227. The molecule has 1 saturated carbocycles. The SMILES string of the molecule is CCOC(=O)c1c(N/C=C2\CCCCC2=O)sc2c1CCCC2. The number of esters is 1. The highest BCUT2D eigenvalue weighted by atomic mass is 32.1. The molecule has 0 atom stereocenters. The zero-order chi connectivity index (χ0) is 16.2. The van der Waals surface area contributed by atoms with Crippen molar-refractivity contribution in [3.63, 3.8) is 0 Å². The molecule has 2 aliphatic rings. The fraction of sp³-hybridized carbons (Fsp3) is 0.556. The van der Waals surface area contributed by atoms with Gasteiger partial charge in [-0.25, -0.2) is 4.79 Å². The lowest BCUT2D eigenvalue weighted by molar-refractivity contribution is -0.116. The minimum absolute atomic E-state index is 0.225. The summed E-state index contributed by atoms with van der Waals surface area (Å²) < 4.78 is 5.25. The Bertz CT molecular complexity index is 645. The summed E-state index contributed by atoms with van der Waals surface area (Å²) in [6, 6.07) is 0. The van der Waals surface area contributed by atoms with Gasteiger partial charge in [0.25, 0.3) is 0 Å². The van der Waals surface area contributed by atoms with Gasteiger partial charge in [-0.15, -0.1) is 11.3 Å². The number of allylic oxidation sites excluding steroid dienone is 1. The van der Waals surface area contributed by atoms with Crippen LogP contribution in [0.3, 0.4) is 0 Å². The molecule has 0 aromatic carbocycles. The monoisotopic (exact) mass is 333 g/mol. The van der Waals surface area contributed by atoms with Crippen LogP contribution in [0.15, 0.2) is 11.8 Å². The zero-order valence-corrected chi connectivity index (χ0v) is 14.4. The lowest BCUT2D eigenvalue weighted by atomic mass is 9.94. The minimum Gasteiger partial charge on any atom is -0.462 e. The summed E-state index contributed by atoms with van der Waals surface area (Å²) in [5.41, 5.74) is 2.68. The van der Waals surface area contributed by atoms with Gasteiger partial charge in [0, 0.05) is 23.1 Å². The Morgan fingerprint density at radius 2 is 1.91 bits per heavy atom. The van der Waals surface area contributed by atoms with Crippen molar-refractivity contribution in [1.29, 1.82) is 0 Å². The Kier molecular flexibility index (Phi) is 5.16. The van der Waals surface area contributed by atoms with Gasteiger partial charge < -0.3 is 10.1 Å². The van der Waals surface area contributed by atoms with E-state index in [1.165, 1.54) is 11.3 Å². The van der Waals surface area contributed by atoms with Crippen LogP contribution in [0.25, 0.3) is 0 Å². The van der Waals surface area contributed by atoms with E-state index in [9.17, 15) is 9.59 Å². The van der Waals surface area contributed by atoms with Crippen LogP contribution in [0.4, 0.5) is 5.00 Å². The maximum Gasteiger partial charge on any atom is 0.341 e. The first-order valence-corrected chi connectivity index (χ1v) is 9.32. The zero-order valence-electron chi connectivity index (χ0n) is 13.6. The smallest absolute Gasteiger partial charge is 0.341 e. The molecule has 0 amide bonds. The Labute approximate surface area is 140 Å². The topological polar surface area (TPSA) is 55.4 Å². The number of carbonyl (C=O) groups excluding carboxylic acids is 2. The number of hydrogen-bond donors (Lipinski definition) is 1. The van der Waals surface area contributed by atoms with Crippen molar-refractivity contribution in [2.45, 2.75) is 58.3 Å². The normalized spacial score (nSPS) is 19.5. The third-order valence-corrected chi connectivity index (χ3v) is 5.71. The van der Waals surface area contributed by atoms with Crippen molar-refractivity contribution in [2.24, 2.45) is 0 Å². The molecule has 4 nitrogen and oxygen atoms in total. The van der Waals surface area contributed by atoms with E-state index in [2.05, 4.69) is 5.32 Å². The van der Waals surface area contributed by atoms with Crippen LogP contribution in [0.5, 0.6) is 0 Å². The first-order chi connectivity index (χ1) is 11.2. The molecule has 3 rings (SSSR count). The highest BCUT2D eigenvalue weighted by Crippen LogP contribution is 2.38. The number of Topliss-reactive ketones (excluding diaryl/α,β-unsaturated/α-hetero) is 1. The van der Waals surface area contributed by atoms with Crippen LogP contribution < -0.4 is 5.32 Å². The van der Waals surface area contributed by atoms with Gasteiger partial charge in [0.15, 0.2) is 5.78 Å². The fourth-order valence-electron chi connectivity index (χ4n) is 3.29. The summed E-state index contributed by atoms with van der Waals surface area (Å²) in [7, 11) is 0. The van der Waals surface area contributed by atoms with Crippen LogP contribution >= 0.6 is 11.3 Å². The number of anilines is 1. The number of rotatable bonds is 4.